The molecule has 1 heterocycles. The van der Waals surface area contributed by atoms with E-state index in [9.17, 15) is 9.18 Å². The average molecular weight is 267 g/mol. The van der Waals surface area contributed by atoms with Crippen molar-refractivity contribution in [3.05, 3.63) is 29.6 Å². The summed E-state index contributed by atoms with van der Waals surface area (Å²) in [6.45, 7) is 2.92. The van der Waals surface area contributed by atoms with Crippen molar-refractivity contribution in [2.24, 2.45) is 0 Å². The number of benzene rings is 1. The molecule has 1 aliphatic rings. The summed E-state index contributed by atoms with van der Waals surface area (Å²) in [6.07, 6.45) is 1.40. The number of aliphatic hydroxyl groups is 1. The third kappa shape index (κ3) is 3.44. The summed E-state index contributed by atoms with van der Waals surface area (Å²) in [6, 6.07) is 3.99. The molecule has 4 nitrogen and oxygen atoms in total. The lowest BCUT2D eigenvalue weighted by atomic mass is 10.2. The van der Waals surface area contributed by atoms with E-state index in [4.69, 9.17) is 9.84 Å². The monoisotopic (exact) mass is 267 g/mol. The summed E-state index contributed by atoms with van der Waals surface area (Å²) in [5.74, 6) is -0.293. The predicted octanol–water partition coefficient (Wildman–Crippen LogP) is 1.71. The minimum atomic E-state index is -0.647. The van der Waals surface area contributed by atoms with Crippen LogP contribution >= 0.6 is 0 Å². The lowest BCUT2D eigenvalue weighted by Crippen LogP contribution is -2.38. The van der Waals surface area contributed by atoms with Crippen molar-refractivity contribution in [1.29, 1.82) is 0 Å². The second-order valence-electron chi connectivity index (χ2n) is 4.75. The van der Waals surface area contributed by atoms with Crippen molar-refractivity contribution in [2.75, 3.05) is 13.1 Å². The maximum Gasteiger partial charge on any atom is 0.263 e. The highest BCUT2D eigenvalue weighted by molar-refractivity contribution is 5.81. The van der Waals surface area contributed by atoms with Crippen molar-refractivity contribution >= 4 is 5.91 Å². The van der Waals surface area contributed by atoms with Crippen LogP contribution in [0.2, 0.25) is 0 Å². The van der Waals surface area contributed by atoms with Crippen molar-refractivity contribution < 1.29 is 19.0 Å². The molecule has 1 aliphatic heterocycles. The van der Waals surface area contributed by atoms with Gasteiger partial charge in [-0.25, -0.2) is 4.39 Å². The Hall–Kier alpha value is -1.62. The van der Waals surface area contributed by atoms with Gasteiger partial charge in [-0.15, -0.1) is 0 Å². The third-order valence-corrected chi connectivity index (χ3v) is 3.19. The largest absolute Gasteiger partial charge is 0.481 e. The van der Waals surface area contributed by atoms with E-state index in [0.717, 1.165) is 25.9 Å². The maximum atomic E-state index is 13.3. The first-order valence-corrected chi connectivity index (χ1v) is 6.46. The van der Waals surface area contributed by atoms with E-state index in [1.54, 1.807) is 11.8 Å². The van der Waals surface area contributed by atoms with Gasteiger partial charge in [0.2, 0.25) is 0 Å². The Balaban J connectivity index is 2.03. The number of ether oxygens (including phenoxy) is 1. The third-order valence-electron chi connectivity index (χ3n) is 3.19. The molecular formula is C14H18FNO3. The first kappa shape index (κ1) is 13.8. The van der Waals surface area contributed by atoms with Gasteiger partial charge in [0.25, 0.3) is 5.91 Å². The lowest BCUT2D eigenvalue weighted by molar-refractivity contribution is -0.136. The standard InChI is InChI=1S/C14H18FNO3/c1-10(14(18)16-4-2-3-5-16)19-13-7-11(9-17)6-12(15)8-13/h6-8,10,17H,2-5,9H2,1H3. The summed E-state index contributed by atoms with van der Waals surface area (Å²) in [4.78, 5) is 13.8. The fraction of sp³-hybridized carbons (Fsp3) is 0.500. The van der Waals surface area contributed by atoms with E-state index in [1.807, 2.05) is 0 Å². The van der Waals surface area contributed by atoms with E-state index in [2.05, 4.69) is 0 Å². The van der Waals surface area contributed by atoms with Gasteiger partial charge in [0.15, 0.2) is 6.10 Å². The highest BCUT2D eigenvalue weighted by Crippen LogP contribution is 2.19. The summed E-state index contributed by atoms with van der Waals surface area (Å²) < 4.78 is 18.8. The van der Waals surface area contributed by atoms with Crippen LogP contribution in [0.1, 0.15) is 25.3 Å². The number of rotatable bonds is 4. The first-order chi connectivity index (χ1) is 9.10. The number of carbonyl (C=O) groups excluding carboxylic acids is 1. The molecule has 2 rings (SSSR count). The van der Waals surface area contributed by atoms with Gasteiger partial charge >= 0.3 is 0 Å². The van der Waals surface area contributed by atoms with E-state index in [1.165, 1.54) is 18.2 Å². The summed E-state index contributed by atoms with van der Waals surface area (Å²) in [7, 11) is 0. The van der Waals surface area contributed by atoms with E-state index in [0.29, 0.717) is 5.56 Å². The molecule has 1 unspecified atom stereocenters. The molecule has 1 aromatic carbocycles. The smallest absolute Gasteiger partial charge is 0.263 e. The Labute approximate surface area is 111 Å². The number of carbonyl (C=O) groups is 1. The van der Waals surface area contributed by atoms with Gasteiger partial charge < -0.3 is 14.7 Å². The minimum Gasteiger partial charge on any atom is -0.481 e. The molecule has 1 aromatic rings. The molecule has 0 aromatic heterocycles. The van der Waals surface area contributed by atoms with Crippen LogP contribution in [0.4, 0.5) is 4.39 Å². The lowest BCUT2D eigenvalue weighted by Gasteiger charge is -2.21. The number of aliphatic hydroxyl groups excluding tert-OH is 1. The zero-order valence-electron chi connectivity index (χ0n) is 10.9. The topological polar surface area (TPSA) is 49.8 Å². The molecular weight excluding hydrogens is 249 g/mol. The van der Waals surface area contributed by atoms with E-state index >= 15 is 0 Å². The van der Waals surface area contributed by atoms with Crippen LogP contribution in [0.25, 0.3) is 0 Å². The Morgan fingerprint density at radius 2 is 2.11 bits per heavy atom. The zero-order valence-corrected chi connectivity index (χ0v) is 10.9. The SMILES string of the molecule is CC(Oc1cc(F)cc(CO)c1)C(=O)N1CCCC1. The highest BCUT2D eigenvalue weighted by Gasteiger charge is 2.24. The number of nitrogens with zero attached hydrogens (tertiary/aromatic N) is 1. The second kappa shape index (κ2) is 6.02. The molecule has 0 saturated carbocycles. The Morgan fingerprint density at radius 3 is 2.74 bits per heavy atom. The number of halogens is 1. The summed E-state index contributed by atoms with van der Waals surface area (Å²) >= 11 is 0. The molecule has 0 spiro atoms. The van der Waals surface area contributed by atoms with E-state index < -0.39 is 11.9 Å². The van der Waals surface area contributed by atoms with Gasteiger partial charge in [0, 0.05) is 19.2 Å². The van der Waals surface area contributed by atoms with Crippen LogP contribution in [0.5, 0.6) is 5.75 Å². The van der Waals surface area contributed by atoms with Crippen LogP contribution in [-0.2, 0) is 11.4 Å². The van der Waals surface area contributed by atoms with Gasteiger partial charge in [0.1, 0.15) is 11.6 Å². The van der Waals surface area contributed by atoms with Crippen molar-refractivity contribution in [3.8, 4) is 5.75 Å². The summed E-state index contributed by atoms with van der Waals surface area (Å²) in [5.41, 5.74) is 0.427. The van der Waals surface area contributed by atoms with Crippen LogP contribution in [0, 0.1) is 5.82 Å². The molecule has 0 aliphatic carbocycles. The predicted molar refractivity (Wildman–Crippen MR) is 68.2 cm³/mol. The van der Waals surface area contributed by atoms with Gasteiger partial charge in [-0.05, 0) is 37.5 Å². The molecule has 1 N–H and O–H groups in total. The Morgan fingerprint density at radius 1 is 1.42 bits per heavy atom. The zero-order chi connectivity index (χ0) is 13.8. The van der Waals surface area contributed by atoms with Crippen molar-refractivity contribution in [3.63, 3.8) is 0 Å². The number of amides is 1. The quantitative estimate of drug-likeness (QED) is 0.903. The molecule has 0 bridgehead atoms. The van der Waals surface area contributed by atoms with Crippen LogP contribution < -0.4 is 4.74 Å². The van der Waals surface area contributed by atoms with Crippen LogP contribution in [0.3, 0.4) is 0 Å². The van der Waals surface area contributed by atoms with Crippen molar-refractivity contribution in [1.82, 2.24) is 4.90 Å². The highest BCUT2D eigenvalue weighted by atomic mass is 19.1. The molecule has 1 saturated heterocycles. The normalized spacial score (nSPS) is 16.5. The fourth-order valence-electron chi connectivity index (χ4n) is 2.23. The molecule has 5 heteroatoms. The van der Waals surface area contributed by atoms with Gasteiger partial charge in [-0.3, -0.25) is 4.79 Å². The molecule has 0 radical (unpaired) electrons. The maximum absolute atomic E-state index is 13.3. The van der Waals surface area contributed by atoms with Crippen molar-refractivity contribution in [2.45, 2.75) is 32.5 Å². The molecule has 104 valence electrons. The van der Waals surface area contributed by atoms with Gasteiger partial charge in [0.05, 0.1) is 6.61 Å². The first-order valence-electron chi connectivity index (χ1n) is 6.46. The number of hydrogen-bond donors (Lipinski definition) is 1. The van der Waals surface area contributed by atoms with Crippen LogP contribution in [0.15, 0.2) is 18.2 Å². The molecule has 1 amide bonds. The molecule has 1 atom stereocenters. The van der Waals surface area contributed by atoms with Gasteiger partial charge in [-0.2, -0.15) is 0 Å². The van der Waals surface area contributed by atoms with Crippen LogP contribution in [-0.4, -0.2) is 35.1 Å². The molecule has 1 fully saturated rings. The second-order valence-corrected chi connectivity index (χ2v) is 4.75. The number of likely N-dealkylation sites (tertiary alicyclic amines) is 1. The fourth-order valence-corrected chi connectivity index (χ4v) is 2.23. The number of hydrogen-bond acceptors (Lipinski definition) is 3. The van der Waals surface area contributed by atoms with Gasteiger partial charge in [-0.1, -0.05) is 0 Å². The van der Waals surface area contributed by atoms with E-state index in [-0.39, 0.29) is 18.3 Å². The summed E-state index contributed by atoms with van der Waals surface area (Å²) in [5, 5.41) is 9.01. The Kier molecular flexibility index (Phi) is 4.37. The Bertz CT molecular complexity index is 458. The average Bonchev–Trinajstić information content (AvgIpc) is 2.90. The molecule has 19 heavy (non-hydrogen) atoms. The minimum absolute atomic E-state index is 0.0766.